The summed E-state index contributed by atoms with van der Waals surface area (Å²) in [7, 11) is 0. The van der Waals surface area contributed by atoms with Gasteiger partial charge in [0.2, 0.25) is 5.91 Å². The van der Waals surface area contributed by atoms with Crippen molar-refractivity contribution in [3.63, 3.8) is 0 Å². The van der Waals surface area contributed by atoms with Crippen LogP contribution in [0.4, 0.5) is 5.69 Å². The number of hydrogen-bond donors (Lipinski definition) is 0. The van der Waals surface area contributed by atoms with Crippen molar-refractivity contribution in [2.45, 2.75) is 37.1 Å². The van der Waals surface area contributed by atoms with Crippen LogP contribution in [0.5, 0.6) is 0 Å². The lowest BCUT2D eigenvalue weighted by atomic mass is 10.0. The number of carbonyl (C=O) groups excluding carboxylic acids is 3. The Hall–Kier alpha value is -2.60. The molecule has 28 heavy (non-hydrogen) atoms. The summed E-state index contributed by atoms with van der Waals surface area (Å²) in [4.78, 5) is 43.3. The quantitative estimate of drug-likeness (QED) is 0.746. The van der Waals surface area contributed by atoms with Crippen molar-refractivity contribution < 1.29 is 14.4 Å². The monoisotopic (exact) mass is 394 g/mol. The first-order valence-corrected chi connectivity index (χ1v) is 10.5. The Balaban J connectivity index is 1.64. The maximum Gasteiger partial charge on any atom is 0.256 e. The molecule has 144 valence electrons. The Bertz CT molecular complexity index is 926. The van der Waals surface area contributed by atoms with Gasteiger partial charge in [0.25, 0.3) is 11.8 Å². The van der Waals surface area contributed by atoms with Crippen molar-refractivity contribution in [2.75, 3.05) is 17.2 Å². The van der Waals surface area contributed by atoms with Gasteiger partial charge in [0.1, 0.15) is 6.04 Å². The predicted octanol–water partition coefficient (Wildman–Crippen LogP) is 3.66. The van der Waals surface area contributed by atoms with E-state index in [0.29, 0.717) is 24.2 Å². The van der Waals surface area contributed by atoms with Crippen LogP contribution in [0, 0.1) is 6.92 Å². The van der Waals surface area contributed by atoms with Gasteiger partial charge < -0.3 is 4.90 Å². The van der Waals surface area contributed by atoms with E-state index in [1.54, 1.807) is 29.2 Å². The number of carbonyl (C=O) groups is 3. The Morgan fingerprint density at radius 2 is 1.82 bits per heavy atom. The Labute approximate surface area is 168 Å². The Kier molecular flexibility index (Phi) is 5.22. The molecule has 2 aromatic carbocycles. The molecule has 1 saturated heterocycles. The van der Waals surface area contributed by atoms with Gasteiger partial charge >= 0.3 is 0 Å². The second kappa shape index (κ2) is 7.80. The molecule has 0 bridgehead atoms. The van der Waals surface area contributed by atoms with E-state index in [4.69, 9.17) is 0 Å². The van der Waals surface area contributed by atoms with Crippen LogP contribution in [0.15, 0.2) is 53.4 Å². The molecule has 1 atom stereocenters. The van der Waals surface area contributed by atoms with E-state index in [-0.39, 0.29) is 23.5 Å². The number of hydrogen-bond acceptors (Lipinski definition) is 4. The highest BCUT2D eigenvalue weighted by Gasteiger charge is 2.42. The summed E-state index contributed by atoms with van der Waals surface area (Å²) in [5.41, 5.74) is 1.98. The Morgan fingerprint density at radius 1 is 1.07 bits per heavy atom. The molecule has 2 aromatic rings. The van der Waals surface area contributed by atoms with Gasteiger partial charge in [-0.05, 0) is 50.5 Å². The number of benzene rings is 2. The molecule has 6 heteroatoms. The highest BCUT2D eigenvalue weighted by Crippen LogP contribution is 2.32. The molecule has 0 spiro atoms. The summed E-state index contributed by atoms with van der Waals surface area (Å²) < 4.78 is 0. The number of nitrogens with zero attached hydrogens (tertiary/aromatic N) is 2. The molecule has 1 unspecified atom stereocenters. The molecule has 4 rings (SSSR count). The fourth-order valence-corrected chi connectivity index (χ4v) is 4.55. The fraction of sp³-hybridized carbons (Fsp3) is 0.318. The fourth-order valence-electron chi connectivity index (χ4n) is 3.80. The summed E-state index contributed by atoms with van der Waals surface area (Å²) in [5.74, 6) is -0.588. The standard InChI is InChI=1S/C22H22N2O3S/c1-15-9-11-16(12-10-15)28-14-20(25)24-18-7-3-2-6-17(18)21(26)23-13-5-4-8-19(23)22(24)27/h2-3,6-7,9-12,19H,4-5,8,13-14H2,1H3. The molecule has 5 nitrogen and oxygen atoms in total. The maximum atomic E-state index is 13.3. The Morgan fingerprint density at radius 3 is 2.61 bits per heavy atom. The van der Waals surface area contributed by atoms with E-state index in [1.165, 1.54) is 16.7 Å². The lowest BCUT2D eigenvalue weighted by Gasteiger charge is -2.34. The van der Waals surface area contributed by atoms with Gasteiger partial charge in [-0.1, -0.05) is 29.8 Å². The molecule has 0 radical (unpaired) electrons. The van der Waals surface area contributed by atoms with E-state index in [0.717, 1.165) is 23.3 Å². The van der Waals surface area contributed by atoms with E-state index in [9.17, 15) is 14.4 Å². The first-order valence-electron chi connectivity index (χ1n) is 9.52. The third-order valence-electron chi connectivity index (χ3n) is 5.28. The topological polar surface area (TPSA) is 57.7 Å². The van der Waals surface area contributed by atoms with Crippen molar-refractivity contribution in [1.82, 2.24) is 4.90 Å². The second-order valence-corrected chi connectivity index (χ2v) is 8.25. The molecule has 2 heterocycles. The van der Waals surface area contributed by atoms with Crippen molar-refractivity contribution in [3.8, 4) is 0 Å². The number of fused-ring (bicyclic) bond motifs is 2. The van der Waals surface area contributed by atoms with E-state index in [1.807, 2.05) is 31.2 Å². The van der Waals surface area contributed by atoms with Crippen LogP contribution in [0.25, 0.3) is 0 Å². The van der Waals surface area contributed by atoms with E-state index < -0.39 is 6.04 Å². The van der Waals surface area contributed by atoms with Crippen molar-refractivity contribution in [3.05, 3.63) is 59.7 Å². The SMILES string of the molecule is Cc1ccc(SCC(=O)N2C(=O)C3CCCCN3C(=O)c3ccccc32)cc1. The molecular weight excluding hydrogens is 372 g/mol. The minimum atomic E-state index is -0.554. The van der Waals surface area contributed by atoms with Gasteiger partial charge in [-0.25, -0.2) is 4.90 Å². The molecule has 0 aliphatic carbocycles. The third kappa shape index (κ3) is 3.44. The van der Waals surface area contributed by atoms with Gasteiger partial charge in [-0.3, -0.25) is 14.4 Å². The lowest BCUT2D eigenvalue weighted by Crippen LogP contribution is -2.52. The zero-order chi connectivity index (χ0) is 19.7. The summed E-state index contributed by atoms with van der Waals surface area (Å²) >= 11 is 1.40. The molecule has 0 aromatic heterocycles. The number of thioether (sulfide) groups is 1. The normalized spacial score (nSPS) is 19.1. The van der Waals surface area contributed by atoms with Gasteiger partial charge in [0.05, 0.1) is 17.0 Å². The van der Waals surface area contributed by atoms with Crippen LogP contribution in [-0.2, 0) is 9.59 Å². The van der Waals surface area contributed by atoms with E-state index >= 15 is 0 Å². The minimum Gasteiger partial charge on any atom is -0.327 e. The van der Waals surface area contributed by atoms with E-state index in [2.05, 4.69) is 0 Å². The van der Waals surface area contributed by atoms with Crippen LogP contribution in [0.3, 0.4) is 0 Å². The average Bonchev–Trinajstić information content (AvgIpc) is 2.81. The van der Waals surface area contributed by atoms with Crippen molar-refractivity contribution in [2.24, 2.45) is 0 Å². The average molecular weight is 394 g/mol. The smallest absolute Gasteiger partial charge is 0.256 e. The van der Waals surface area contributed by atoms with Gasteiger partial charge in [0, 0.05) is 11.4 Å². The minimum absolute atomic E-state index is 0.143. The van der Waals surface area contributed by atoms with Crippen LogP contribution < -0.4 is 4.90 Å². The van der Waals surface area contributed by atoms with Crippen molar-refractivity contribution >= 4 is 35.2 Å². The number of imide groups is 1. The molecule has 0 N–H and O–H groups in total. The van der Waals surface area contributed by atoms with Crippen LogP contribution in [-0.4, -0.2) is 41.0 Å². The van der Waals surface area contributed by atoms with Crippen LogP contribution >= 0.6 is 11.8 Å². The highest BCUT2D eigenvalue weighted by atomic mass is 32.2. The number of aryl methyl sites for hydroxylation is 1. The number of piperidine rings is 1. The summed E-state index contributed by atoms with van der Waals surface area (Å²) in [6.07, 6.45) is 2.37. The predicted molar refractivity (Wildman–Crippen MR) is 110 cm³/mol. The lowest BCUT2D eigenvalue weighted by molar-refractivity contribution is -0.128. The molecule has 1 fully saturated rings. The molecule has 3 amide bonds. The first kappa shape index (κ1) is 18.7. The van der Waals surface area contributed by atoms with Gasteiger partial charge in [-0.15, -0.1) is 11.8 Å². The van der Waals surface area contributed by atoms with Crippen molar-refractivity contribution in [1.29, 1.82) is 0 Å². The molecule has 0 saturated carbocycles. The first-order chi connectivity index (χ1) is 13.6. The maximum absolute atomic E-state index is 13.3. The molecule has 2 aliphatic heterocycles. The number of anilines is 1. The highest BCUT2D eigenvalue weighted by molar-refractivity contribution is 8.00. The van der Waals surface area contributed by atoms with Gasteiger partial charge in [-0.2, -0.15) is 0 Å². The van der Waals surface area contributed by atoms with Crippen LogP contribution in [0.1, 0.15) is 35.2 Å². The van der Waals surface area contributed by atoms with Crippen LogP contribution in [0.2, 0.25) is 0 Å². The van der Waals surface area contributed by atoms with Gasteiger partial charge in [0.15, 0.2) is 0 Å². The number of amides is 3. The largest absolute Gasteiger partial charge is 0.327 e. The third-order valence-corrected chi connectivity index (χ3v) is 6.27. The second-order valence-electron chi connectivity index (χ2n) is 7.20. The summed E-state index contributed by atoms with van der Waals surface area (Å²) in [6, 6.07) is 14.3. The zero-order valence-electron chi connectivity index (χ0n) is 15.8. The zero-order valence-corrected chi connectivity index (χ0v) is 16.6. The number of para-hydroxylation sites is 1. The summed E-state index contributed by atoms with van der Waals surface area (Å²) in [6.45, 7) is 2.57. The molecule has 2 aliphatic rings. The summed E-state index contributed by atoms with van der Waals surface area (Å²) in [5, 5.41) is 0. The molecular formula is C22H22N2O3S. The number of rotatable bonds is 3.